The molecule has 1 heterocycles. The summed E-state index contributed by atoms with van der Waals surface area (Å²) in [6.07, 6.45) is -0.950. The van der Waals surface area contributed by atoms with Crippen LogP contribution < -0.4 is 10.5 Å². The minimum atomic E-state index is -1.03. The fraction of sp³-hybridized carbons (Fsp3) is 0.273. The Labute approximate surface area is 97.6 Å². The lowest BCUT2D eigenvalue weighted by molar-refractivity contribution is -0.144. The number of carboxylic acids is 1. The van der Waals surface area contributed by atoms with Crippen LogP contribution in [0.4, 0.5) is 5.69 Å². The van der Waals surface area contributed by atoms with E-state index < -0.39 is 12.1 Å². The zero-order chi connectivity index (χ0) is 12.6. The first-order valence-corrected chi connectivity index (χ1v) is 5.10. The highest BCUT2D eigenvalue weighted by Gasteiger charge is 2.17. The Balaban J connectivity index is 2.47. The van der Waals surface area contributed by atoms with Gasteiger partial charge in [0.2, 0.25) is 5.88 Å². The van der Waals surface area contributed by atoms with Gasteiger partial charge in [0.1, 0.15) is 0 Å². The SMILES string of the molecule is C[C@@H](Oc1nn(C)c2ccc(N)cc12)C(=O)O. The molecule has 0 aliphatic carbocycles. The number of nitrogen functional groups attached to an aromatic ring is 1. The van der Waals surface area contributed by atoms with Gasteiger partial charge in [-0.05, 0) is 25.1 Å². The fourth-order valence-electron chi connectivity index (χ4n) is 1.56. The summed E-state index contributed by atoms with van der Waals surface area (Å²) in [6, 6.07) is 5.29. The van der Waals surface area contributed by atoms with Crippen molar-refractivity contribution in [2.24, 2.45) is 7.05 Å². The number of aryl methyl sites for hydroxylation is 1. The second kappa shape index (κ2) is 3.97. The van der Waals surface area contributed by atoms with E-state index in [1.165, 1.54) is 6.92 Å². The first-order chi connectivity index (χ1) is 7.99. The van der Waals surface area contributed by atoms with Crippen molar-refractivity contribution in [3.05, 3.63) is 18.2 Å². The van der Waals surface area contributed by atoms with Crippen LogP contribution in [0.5, 0.6) is 5.88 Å². The number of carboxylic acid groups (broad SMARTS) is 1. The number of carbonyl (C=O) groups is 1. The molecule has 90 valence electrons. The molecule has 3 N–H and O–H groups in total. The Kier molecular flexibility index (Phi) is 2.63. The summed E-state index contributed by atoms with van der Waals surface area (Å²) in [4.78, 5) is 10.7. The van der Waals surface area contributed by atoms with Gasteiger partial charge in [-0.3, -0.25) is 4.68 Å². The fourth-order valence-corrected chi connectivity index (χ4v) is 1.56. The standard InChI is InChI=1S/C11H13N3O3/c1-6(11(15)16)17-10-8-5-7(12)3-4-9(8)14(2)13-10/h3-6H,12H2,1-2H3,(H,15,16)/t6-/m1/s1. The topological polar surface area (TPSA) is 90.4 Å². The van der Waals surface area contributed by atoms with Crippen LogP contribution in [0.3, 0.4) is 0 Å². The average Bonchev–Trinajstić information content (AvgIpc) is 2.55. The van der Waals surface area contributed by atoms with Crippen LogP contribution in [-0.2, 0) is 11.8 Å². The molecule has 0 aliphatic rings. The molecule has 2 aromatic rings. The lowest BCUT2D eigenvalue weighted by Crippen LogP contribution is -2.23. The largest absolute Gasteiger partial charge is 0.479 e. The van der Waals surface area contributed by atoms with Gasteiger partial charge in [-0.1, -0.05) is 0 Å². The molecule has 1 aromatic heterocycles. The Morgan fingerprint density at radius 3 is 2.94 bits per heavy atom. The zero-order valence-corrected chi connectivity index (χ0v) is 9.54. The third-order valence-electron chi connectivity index (χ3n) is 2.48. The summed E-state index contributed by atoms with van der Waals surface area (Å²) in [5.74, 6) is -0.752. The number of rotatable bonds is 3. The molecule has 6 heteroatoms. The predicted molar refractivity (Wildman–Crippen MR) is 62.9 cm³/mol. The van der Waals surface area contributed by atoms with Gasteiger partial charge in [0.25, 0.3) is 0 Å². The van der Waals surface area contributed by atoms with E-state index in [0.29, 0.717) is 11.1 Å². The third kappa shape index (κ3) is 2.01. The molecule has 0 unspecified atom stereocenters. The highest BCUT2D eigenvalue weighted by molar-refractivity contribution is 5.87. The maximum atomic E-state index is 10.7. The number of benzene rings is 1. The number of nitrogens with zero attached hydrogens (tertiary/aromatic N) is 2. The van der Waals surface area contributed by atoms with Crippen molar-refractivity contribution in [3.63, 3.8) is 0 Å². The molecular weight excluding hydrogens is 222 g/mol. The zero-order valence-electron chi connectivity index (χ0n) is 9.54. The number of hydrogen-bond donors (Lipinski definition) is 2. The van der Waals surface area contributed by atoms with Gasteiger partial charge in [-0.25, -0.2) is 4.79 Å². The minimum Gasteiger partial charge on any atom is -0.479 e. The van der Waals surface area contributed by atoms with Crippen LogP contribution in [0.15, 0.2) is 18.2 Å². The number of aliphatic carboxylic acids is 1. The van der Waals surface area contributed by atoms with E-state index in [1.54, 1.807) is 23.9 Å². The van der Waals surface area contributed by atoms with Crippen LogP contribution in [0.1, 0.15) is 6.92 Å². The summed E-state index contributed by atoms with van der Waals surface area (Å²) in [7, 11) is 1.76. The van der Waals surface area contributed by atoms with E-state index in [2.05, 4.69) is 5.10 Å². The van der Waals surface area contributed by atoms with Gasteiger partial charge in [-0.2, -0.15) is 0 Å². The van der Waals surface area contributed by atoms with Crippen molar-refractivity contribution in [2.75, 3.05) is 5.73 Å². The number of anilines is 1. The van der Waals surface area contributed by atoms with Crippen molar-refractivity contribution in [1.82, 2.24) is 9.78 Å². The third-order valence-corrected chi connectivity index (χ3v) is 2.48. The van der Waals surface area contributed by atoms with E-state index in [9.17, 15) is 4.79 Å². The van der Waals surface area contributed by atoms with Crippen LogP contribution in [0.2, 0.25) is 0 Å². The maximum Gasteiger partial charge on any atom is 0.344 e. The van der Waals surface area contributed by atoms with Gasteiger partial charge in [0.15, 0.2) is 6.10 Å². The normalized spacial score (nSPS) is 12.6. The lowest BCUT2D eigenvalue weighted by atomic mass is 10.2. The molecular formula is C11H13N3O3. The molecule has 1 aromatic carbocycles. The molecule has 17 heavy (non-hydrogen) atoms. The molecule has 6 nitrogen and oxygen atoms in total. The number of fused-ring (bicyclic) bond motifs is 1. The molecule has 1 atom stereocenters. The predicted octanol–water partition coefficient (Wildman–Crippen LogP) is 1.01. The minimum absolute atomic E-state index is 0.282. The first kappa shape index (κ1) is 11.3. The van der Waals surface area contributed by atoms with Crippen molar-refractivity contribution in [1.29, 1.82) is 0 Å². The maximum absolute atomic E-state index is 10.7. The molecule has 0 aliphatic heterocycles. The summed E-state index contributed by atoms with van der Waals surface area (Å²) in [5, 5.41) is 13.6. The van der Waals surface area contributed by atoms with Gasteiger partial charge in [-0.15, -0.1) is 5.10 Å². The molecule has 0 fully saturated rings. The summed E-state index contributed by atoms with van der Waals surface area (Å²) in [5.41, 5.74) is 7.11. The Morgan fingerprint density at radius 2 is 2.29 bits per heavy atom. The molecule has 0 spiro atoms. The van der Waals surface area contributed by atoms with E-state index in [0.717, 1.165) is 5.52 Å². The first-order valence-electron chi connectivity index (χ1n) is 5.10. The van der Waals surface area contributed by atoms with Crippen LogP contribution in [0, 0.1) is 0 Å². The van der Waals surface area contributed by atoms with Gasteiger partial charge >= 0.3 is 5.97 Å². The van der Waals surface area contributed by atoms with Crippen LogP contribution in [-0.4, -0.2) is 27.0 Å². The van der Waals surface area contributed by atoms with Crippen molar-refractivity contribution in [2.45, 2.75) is 13.0 Å². The quantitative estimate of drug-likeness (QED) is 0.775. The molecule has 0 bridgehead atoms. The average molecular weight is 235 g/mol. The summed E-state index contributed by atoms with van der Waals surface area (Å²) < 4.78 is 6.90. The highest BCUT2D eigenvalue weighted by Crippen LogP contribution is 2.27. The summed E-state index contributed by atoms with van der Waals surface area (Å²) in [6.45, 7) is 1.45. The Hall–Kier alpha value is -2.24. The Bertz CT molecular complexity index is 577. The monoisotopic (exact) mass is 235 g/mol. The number of aromatic nitrogens is 2. The molecule has 0 saturated carbocycles. The van der Waals surface area contributed by atoms with Crippen LogP contribution in [0.25, 0.3) is 10.9 Å². The second-order valence-corrected chi connectivity index (χ2v) is 3.80. The molecule has 2 rings (SSSR count). The van der Waals surface area contributed by atoms with Gasteiger partial charge in [0, 0.05) is 12.7 Å². The second-order valence-electron chi connectivity index (χ2n) is 3.80. The van der Waals surface area contributed by atoms with Crippen LogP contribution >= 0.6 is 0 Å². The van der Waals surface area contributed by atoms with Gasteiger partial charge < -0.3 is 15.6 Å². The van der Waals surface area contributed by atoms with Crippen molar-refractivity contribution in [3.8, 4) is 5.88 Å². The van der Waals surface area contributed by atoms with E-state index in [1.807, 2.05) is 6.07 Å². The van der Waals surface area contributed by atoms with E-state index in [4.69, 9.17) is 15.6 Å². The molecule has 0 saturated heterocycles. The van der Waals surface area contributed by atoms with Crippen molar-refractivity contribution < 1.29 is 14.6 Å². The summed E-state index contributed by atoms with van der Waals surface area (Å²) >= 11 is 0. The smallest absolute Gasteiger partial charge is 0.344 e. The molecule has 0 amide bonds. The van der Waals surface area contributed by atoms with E-state index >= 15 is 0 Å². The van der Waals surface area contributed by atoms with Gasteiger partial charge in [0.05, 0.1) is 10.9 Å². The number of ether oxygens (including phenoxy) is 1. The molecule has 0 radical (unpaired) electrons. The van der Waals surface area contributed by atoms with E-state index in [-0.39, 0.29) is 5.88 Å². The number of hydrogen-bond acceptors (Lipinski definition) is 4. The van der Waals surface area contributed by atoms with Crippen molar-refractivity contribution >= 4 is 22.6 Å². The highest BCUT2D eigenvalue weighted by atomic mass is 16.5. The number of nitrogens with two attached hydrogens (primary N) is 1. The Morgan fingerprint density at radius 1 is 1.59 bits per heavy atom. The lowest BCUT2D eigenvalue weighted by Gasteiger charge is -2.07.